The van der Waals surface area contributed by atoms with Crippen LogP contribution in [0.15, 0.2) is 30.3 Å². The molecule has 1 aromatic heterocycles. The standard InChI is InChI=1S/C21H25F2N3O4/c1-12-7-14(5-6-16(12)30-11-17(22)23)10-24-19(27)15-8-13(2)25-18(9-15)26-20(28)21(3,4)29/h5-9,17,29H,10-11H2,1-4H3,(H,24,27)(H,25,26,28). The van der Waals surface area contributed by atoms with Crippen molar-refractivity contribution < 1.29 is 28.2 Å². The van der Waals surface area contributed by atoms with Crippen LogP contribution in [0, 0.1) is 13.8 Å². The molecular formula is C21H25F2N3O4. The second kappa shape index (κ2) is 9.62. The van der Waals surface area contributed by atoms with Crippen LogP contribution in [-0.4, -0.2) is 40.5 Å². The van der Waals surface area contributed by atoms with E-state index >= 15 is 0 Å². The zero-order valence-corrected chi connectivity index (χ0v) is 17.3. The number of carbonyl (C=O) groups excluding carboxylic acids is 2. The summed E-state index contributed by atoms with van der Waals surface area (Å²) in [5.41, 5.74) is 0.675. The summed E-state index contributed by atoms with van der Waals surface area (Å²) in [5, 5.41) is 15.0. The number of alkyl halides is 2. The number of amides is 2. The normalized spacial score (nSPS) is 11.3. The number of halogens is 2. The summed E-state index contributed by atoms with van der Waals surface area (Å²) >= 11 is 0. The van der Waals surface area contributed by atoms with Crippen LogP contribution in [0.25, 0.3) is 0 Å². The van der Waals surface area contributed by atoms with Crippen molar-refractivity contribution in [1.82, 2.24) is 10.3 Å². The van der Waals surface area contributed by atoms with Crippen LogP contribution >= 0.6 is 0 Å². The van der Waals surface area contributed by atoms with Gasteiger partial charge in [0.15, 0.2) is 0 Å². The lowest BCUT2D eigenvalue weighted by atomic mass is 10.1. The van der Waals surface area contributed by atoms with E-state index in [1.807, 2.05) is 0 Å². The lowest BCUT2D eigenvalue weighted by Gasteiger charge is -2.16. The summed E-state index contributed by atoms with van der Waals surface area (Å²) in [4.78, 5) is 28.6. The van der Waals surface area contributed by atoms with Crippen LogP contribution in [0.4, 0.5) is 14.6 Å². The average molecular weight is 421 g/mol. The van der Waals surface area contributed by atoms with Crippen molar-refractivity contribution in [1.29, 1.82) is 0 Å². The lowest BCUT2D eigenvalue weighted by molar-refractivity contribution is -0.130. The zero-order valence-electron chi connectivity index (χ0n) is 17.3. The fraction of sp³-hybridized carbons (Fsp3) is 0.381. The molecule has 0 unspecified atom stereocenters. The first kappa shape index (κ1) is 23.2. The molecule has 0 aliphatic rings. The van der Waals surface area contributed by atoms with Gasteiger partial charge in [-0.25, -0.2) is 13.8 Å². The number of carbonyl (C=O) groups is 2. The molecule has 3 N–H and O–H groups in total. The molecule has 0 saturated heterocycles. The second-order valence-corrected chi connectivity index (χ2v) is 7.38. The van der Waals surface area contributed by atoms with Gasteiger partial charge >= 0.3 is 0 Å². The molecule has 0 aliphatic heterocycles. The first-order chi connectivity index (χ1) is 14.0. The Morgan fingerprint density at radius 2 is 1.90 bits per heavy atom. The number of anilines is 1. The van der Waals surface area contributed by atoms with Gasteiger partial charge in [-0.2, -0.15) is 0 Å². The molecular weight excluding hydrogens is 396 g/mol. The Kier molecular flexibility index (Phi) is 7.44. The van der Waals surface area contributed by atoms with Crippen molar-refractivity contribution >= 4 is 17.6 Å². The maximum absolute atomic E-state index is 12.5. The Morgan fingerprint density at radius 3 is 2.50 bits per heavy atom. The smallest absolute Gasteiger partial charge is 0.272 e. The van der Waals surface area contributed by atoms with Gasteiger partial charge in [0.05, 0.1) is 0 Å². The van der Waals surface area contributed by atoms with E-state index < -0.39 is 24.5 Å². The number of nitrogens with one attached hydrogen (secondary N) is 2. The first-order valence-corrected chi connectivity index (χ1v) is 9.27. The van der Waals surface area contributed by atoms with Crippen molar-refractivity contribution in [2.75, 3.05) is 11.9 Å². The third-order valence-electron chi connectivity index (χ3n) is 4.07. The van der Waals surface area contributed by atoms with Gasteiger partial charge in [0.25, 0.3) is 18.2 Å². The van der Waals surface area contributed by atoms with Crippen LogP contribution in [0.2, 0.25) is 0 Å². The van der Waals surface area contributed by atoms with Crippen molar-refractivity contribution in [2.45, 2.75) is 46.3 Å². The highest BCUT2D eigenvalue weighted by atomic mass is 19.3. The SMILES string of the molecule is Cc1cc(C(=O)NCc2ccc(OCC(F)F)c(C)c2)cc(NC(=O)C(C)(C)O)n1. The van der Waals surface area contributed by atoms with Crippen molar-refractivity contribution in [3.05, 3.63) is 52.7 Å². The molecule has 0 spiro atoms. The van der Waals surface area contributed by atoms with Gasteiger partial charge in [-0.05, 0) is 57.0 Å². The topological polar surface area (TPSA) is 101 Å². The largest absolute Gasteiger partial charge is 0.487 e. The average Bonchev–Trinajstić information content (AvgIpc) is 2.63. The molecule has 2 aromatic rings. The van der Waals surface area contributed by atoms with E-state index in [2.05, 4.69) is 15.6 Å². The molecule has 0 atom stereocenters. The molecule has 0 aliphatic carbocycles. The summed E-state index contributed by atoms with van der Waals surface area (Å²) in [6.07, 6.45) is -2.55. The number of aliphatic hydroxyl groups is 1. The van der Waals surface area contributed by atoms with Gasteiger partial charge in [-0.3, -0.25) is 9.59 Å². The molecule has 9 heteroatoms. The van der Waals surface area contributed by atoms with Crippen molar-refractivity contribution in [2.24, 2.45) is 0 Å². The van der Waals surface area contributed by atoms with Crippen molar-refractivity contribution in [3.63, 3.8) is 0 Å². The van der Waals surface area contributed by atoms with E-state index in [4.69, 9.17) is 4.74 Å². The third-order valence-corrected chi connectivity index (χ3v) is 4.07. The minimum Gasteiger partial charge on any atom is -0.487 e. The molecule has 1 heterocycles. The van der Waals surface area contributed by atoms with E-state index in [0.717, 1.165) is 5.56 Å². The van der Waals surface area contributed by atoms with E-state index in [-0.39, 0.29) is 18.3 Å². The molecule has 0 radical (unpaired) electrons. The summed E-state index contributed by atoms with van der Waals surface area (Å²) in [7, 11) is 0. The number of rotatable bonds is 8. The minimum absolute atomic E-state index is 0.156. The lowest BCUT2D eigenvalue weighted by Crippen LogP contribution is -2.37. The van der Waals surface area contributed by atoms with Crippen molar-refractivity contribution in [3.8, 4) is 5.75 Å². The zero-order chi connectivity index (χ0) is 22.5. The number of hydrogen-bond donors (Lipinski definition) is 3. The Balaban J connectivity index is 2.04. The second-order valence-electron chi connectivity index (χ2n) is 7.38. The van der Waals surface area contributed by atoms with Crippen LogP contribution in [0.3, 0.4) is 0 Å². The molecule has 162 valence electrons. The first-order valence-electron chi connectivity index (χ1n) is 9.27. The summed E-state index contributed by atoms with van der Waals surface area (Å²) in [6.45, 7) is 5.63. The van der Waals surface area contributed by atoms with Crippen LogP contribution < -0.4 is 15.4 Å². The van der Waals surface area contributed by atoms with Crippen LogP contribution in [0.1, 0.15) is 41.0 Å². The van der Waals surface area contributed by atoms with Gasteiger partial charge in [-0.15, -0.1) is 0 Å². The Morgan fingerprint density at radius 1 is 1.20 bits per heavy atom. The number of pyridine rings is 1. The highest BCUT2D eigenvalue weighted by Gasteiger charge is 2.24. The van der Waals surface area contributed by atoms with E-state index in [1.54, 1.807) is 38.1 Å². The summed E-state index contributed by atoms with van der Waals surface area (Å²) in [5.74, 6) is -0.502. The highest BCUT2D eigenvalue weighted by molar-refractivity contribution is 5.98. The van der Waals surface area contributed by atoms with Gasteiger partial charge in [0.1, 0.15) is 23.8 Å². The van der Waals surface area contributed by atoms with Gasteiger partial charge in [0.2, 0.25) is 0 Å². The quantitative estimate of drug-likeness (QED) is 0.608. The molecule has 7 nitrogen and oxygen atoms in total. The fourth-order valence-corrected chi connectivity index (χ4v) is 2.55. The molecule has 2 rings (SSSR count). The Labute approximate surface area is 173 Å². The fourth-order valence-electron chi connectivity index (χ4n) is 2.55. The molecule has 1 aromatic carbocycles. The maximum Gasteiger partial charge on any atom is 0.272 e. The number of benzene rings is 1. The number of hydrogen-bond acceptors (Lipinski definition) is 5. The predicted molar refractivity (Wildman–Crippen MR) is 108 cm³/mol. The number of ether oxygens (including phenoxy) is 1. The Hall–Kier alpha value is -3.07. The number of aryl methyl sites for hydroxylation is 2. The van der Waals surface area contributed by atoms with Crippen LogP contribution in [0.5, 0.6) is 5.75 Å². The maximum atomic E-state index is 12.5. The minimum atomic E-state index is -2.55. The highest BCUT2D eigenvalue weighted by Crippen LogP contribution is 2.20. The monoisotopic (exact) mass is 421 g/mol. The summed E-state index contributed by atoms with van der Waals surface area (Å²) in [6, 6.07) is 7.99. The third kappa shape index (κ3) is 6.77. The molecule has 0 saturated carbocycles. The van der Waals surface area contributed by atoms with Gasteiger partial charge < -0.3 is 20.5 Å². The number of aromatic nitrogens is 1. The molecule has 0 fully saturated rings. The molecule has 0 bridgehead atoms. The van der Waals surface area contributed by atoms with E-state index in [1.165, 1.54) is 19.9 Å². The van der Waals surface area contributed by atoms with E-state index in [0.29, 0.717) is 22.6 Å². The van der Waals surface area contributed by atoms with Gasteiger partial charge in [0, 0.05) is 17.8 Å². The number of nitrogens with zero attached hydrogens (tertiary/aromatic N) is 1. The summed E-state index contributed by atoms with van der Waals surface area (Å²) < 4.78 is 29.6. The predicted octanol–water partition coefficient (Wildman–Crippen LogP) is 2.98. The molecule has 30 heavy (non-hydrogen) atoms. The van der Waals surface area contributed by atoms with E-state index in [9.17, 15) is 23.5 Å². The molecule has 2 amide bonds. The Bertz CT molecular complexity index is 927. The van der Waals surface area contributed by atoms with Crippen LogP contribution in [-0.2, 0) is 11.3 Å². The van der Waals surface area contributed by atoms with Gasteiger partial charge in [-0.1, -0.05) is 12.1 Å².